The third-order valence-corrected chi connectivity index (χ3v) is 4.73. The summed E-state index contributed by atoms with van der Waals surface area (Å²) in [7, 11) is -7.98. The van der Waals surface area contributed by atoms with Gasteiger partial charge in [-0.3, -0.25) is 9.11 Å². The van der Waals surface area contributed by atoms with Gasteiger partial charge in [-0.25, -0.2) is 9.13 Å². The molecule has 0 atom stereocenters. The van der Waals surface area contributed by atoms with Crippen molar-refractivity contribution in [1.82, 2.24) is 0 Å². The van der Waals surface area contributed by atoms with E-state index in [1.807, 2.05) is 24.3 Å². The fourth-order valence-electron chi connectivity index (χ4n) is 2.04. The van der Waals surface area contributed by atoms with Crippen LogP contribution in [0.15, 0.2) is 49.1 Å². The SMILES string of the molecule is O=S(=O)(O)CC[n+]1ccc(-c2cc[n+](CCS(=O)(=O)O)cc2)cc1. The molecule has 2 heterocycles. The average Bonchev–Trinajstić information content (AvgIpc) is 2.51. The van der Waals surface area contributed by atoms with Crippen molar-refractivity contribution in [1.29, 1.82) is 0 Å². The molecular weight excluding hydrogens is 356 g/mol. The predicted octanol–water partition coefficient (Wildman–Crippen LogP) is -0.296. The summed E-state index contributed by atoms with van der Waals surface area (Å²) in [5, 5.41) is 0. The van der Waals surface area contributed by atoms with Gasteiger partial charge in [-0.2, -0.15) is 16.8 Å². The second kappa shape index (κ2) is 7.34. The zero-order chi connectivity index (χ0) is 17.8. The van der Waals surface area contributed by atoms with Crippen molar-refractivity contribution in [3.8, 4) is 11.1 Å². The maximum absolute atomic E-state index is 10.7. The summed E-state index contributed by atoms with van der Waals surface area (Å²) in [5.41, 5.74) is 1.81. The van der Waals surface area contributed by atoms with Gasteiger partial charge < -0.3 is 0 Å². The highest BCUT2D eigenvalue weighted by Gasteiger charge is 2.12. The molecule has 0 aliphatic carbocycles. The van der Waals surface area contributed by atoms with Gasteiger partial charge in [-0.1, -0.05) is 0 Å². The number of pyridine rings is 2. The average molecular weight is 374 g/mol. The fourth-order valence-corrected chi connectivity index (χ4v) is 2.92. The summed E-state index contributed by atoms with van der Waals surface area (Å²) in [4.78, 5) is 0. The minimum Gasteiger partial charge on any atom is -0.285 e. The lowest BCUT2D eigenvalue weighted by atomic mass is 10.1. The normalized spacial score (nSPS) is 12.2. The Balaban J connectivity index is 2.03. The molecule has 130 valence electrons. The van der Waals surface area contributed by atoms with Gasteiger partial charge in [0.2, 0.25) is 0 Å². The van der Waals surface area contributed by atoms with Crippen molar-refractivity contribution in [2.45, 2.75) is 13.1 Å². The molecule has 0 aliphatic heterocycles. The van der Waals surface area contributed by atoms with Gasteiger partial charge in [0.1, 0.15) is 11.5 Å². The lowest BCUT2D eigenvalue weighted by molar-refractivity contribution is -0.692. The third kappa shape index (κ3) is 6.32. The quantitative estimate of drug-likeness (QED) is 0.508. The Kier molecular flexibility index (Phi) is 5.65. The van der Waals surface area contributed by atoms with Crippen molar-refractivity contribution >= 4 is 20.2 Å². The van der Waals surface area contributed by atoms with Crippen LogP contribution in [-0.2, 0) is 33.3 Å². The van der Waals surface area contributed by atoms with E-state index in [4.69, 9.17) is 9.11 Å². The van der Waals surface area contributed by atoms with Crippen molar-refractivity contribution < 1.29 is 35.1 Å². The standard InChI is InChI=1S/C14H16N2O6S2/c17-23(18,19)11-9-15-5-1-13(2-6-15)14-3-7-16(8-4-14)10-12-24(20,21)22/h1-8H,9-12H2/p+2. The zero-order valence-corrected chi connectivity index (χ0v) is 14.3. The van der Waals surface area contributed by atoms with Crippen molar-refractivity contribution in [3.05, 3.63) is 49.1 Å². The van der Waals surface area contributed by atoms with E-state index in [-0.39, 0.29) is 24.6 Å². The van der Waals surface area contributed by atoms with Gasteiger partial charge in [-0.05, 0) is 11.1 Å². The summed E-state index contributed by atoms with van der Waals surface area (Å²) in [6, 6.07) is 7.23. The molecule has 0 aliphatic rings. The van der Waals surface area contributed by atoms with E-state index in [0.29, 0.717) is 0 Å². The van der Waals surface area contributed by atoms with Gasteiger partial charge in [0, 0.05) is 24.3 Å². The van der Waals surface area contributed by atoms with E-state index < -0.39 is 20.2 Å². The first-order valence-electron chi connectivity index (χ1n) is 7.01. The van der Waals surface area contributed by atoms with Crippen LogP contribution in [0.5, 0.6) is 0 Å². The molecule has 8 nitrogen and oxygen atoms in total. The molecule has 0 saturated heterocycles. The smallest absolute Gasteiger partial charge is 0.271 e. The number of aryl methyl sites for hydroxylation is 2. The third-order valence-electron chi connectivity index (χ3n) is 3.33. The topological polar surface area (TPSA) is 117 Å². The molecule has 2 aromatic heterocycles. The van der Waals surface area contributed by atoms with Crippen molar-refractivity contribution in [2.75, 3.05) is 11.5 Å². The van der Waals surface area contributed by atoms with Crippen LogP contribution < -0.4 is 9.13 Å². The minimum absolute atomic E-state index is 0.156. The van der Waals surface area contributed by atoms with Gasteiger partial charge in [0.05, 0.1) is 0 Å². The van der Waals surface area contributed by atoms with E-state index >= 15 is 0 Å². The molecule has 0 bridgehead atoms. The highest BCUT2D eigenvalue weighted by molar-refractivity contribution is 7.86. The Morgan fingerprint density at radius 1 is 0.667 bits per heavy atom. The molecule has 0 unspecified atom stereocenters. The Labute approximate surface area is 140 Å². The van der Waals surface area contributed by atoms with Crippen LogP contribution in [0.2, 0.25) is 0 Å². The molecule has 2 N–H and O–H groups in total. The summed E-state index contributed by atoms with van der Waals surface area (Å²) in [6.07, 6.45) is 6.83. The fraction of sp³-hybridized carbons (Fsp3) is 0.286. The number of rotatable bonds is 7. The van der Waals surface area contributed by atoms with E-state index in [1.165, 1.54) is 0 Å². The first kappa shape index (κ1) is 18.5. The maximum atomic E-state index is 10.7. The predicted molar refractivity (Wildman–Crippen MR) is 85.1 cm³/mol. The van der Waals surface area contributed by atoms with Gasteiger partial charge in [-0.15, -0.1) is 0 Å². The molecule has 0 spiro atoms. The van der Waals surface area contributed by atoms with E-state index in [2.05, 4.69) is 0 Å². The molecule has 10 heteroatoms. The van der Waals surface area contributed by atoms with Gasteiger partial charge in [0.15, 0.2) is 37.9 Å². The first-order chi connectivity index (χ1) is 11.1. The highest BCUT2D eigenvalue weighted by atomic mass is 32.2. The Bertz CT molecular complexity index is 814. The minimum atomic E-state index is -3.99. The lowest BCUT2D eigenvalue weighted by Gasteiger charge is -2.01. The molecule has 0 radical (unpaired) electrons. The van der Waals surface area contributed by atoms with Crippen LogP contribution in [0.1, 0.15) is 0 Å². The van der Waals surface area contributed by atoms with Crippen LogP contribution in [0.25, 0.3) is 11.1 Å². The number of hydrogen-bond acceptors (Lipinski definition) is 4. The number of hydrogen-bond donors (Lipinski definition) is 2. The molecule has 2 aromatic rings. The van der Waals surface area contributed by atoms with E-state index in [9.17, 15) is 16.8 Å². The number of nitrogens with zero attached hydrogens (tertiary/aromatic N) is 2. The van der Waals surface area contributed by atoms with E-state index in [1.54, 1.807) is 33.9 Å². The van der Waals surface area contributed by atoms with Crippen LogP contribution in [-0.4, -0.2) is 37.4 Å². The largest absolute Gasteiger partial charge is 0.285 e. The second-order valence-corrected chi connectivity index (χ2v) is 8.37. The monoisotopic (exact) mass is 374 g/mol. The molecule has 24 heavy (non-hydrogen) atoms. The molecule has 0 aromatic carbocycles. The molecule has 0 amide bonds. The van der Waals surface area contributed by atoms with Gasteiger partial charge >= 0.3 is 0 Å². The summed E-state index contributed by atoms with van der Waals surface area (Å²) >= 11 is 0. The Morgan fingerprint density at radius 3 is 1.21 bits per heavy atom. The second-order valence-electron chi connectivity index (χ2n) is 5.22. The molecule has 0 saturated carbocycles. The molecule has 2 rings (SSSR count). The first-order valence-corrected chi connectivity index (χ1v) is 10.2. The zero-order valence-electron chi connectivity index (χ0n) is 12.7. The highest BCUT2D eigenvalue weighted by Crippen LogP contribution is 2.15. The summed E-state index contributed by atoms with van der Waals surface area (Å²) < 4.78 is 63.7. The van der Waals surface area contributed by atoms with Crippen molar-refractivity contribution in [2.24, 2.45) is 0 Å². The van der Waals surface area contributed by atoms with Crippen molar-refractivity contribution in [3.63, 3.8) is 0 Å². The Morgan fingerprint density at radius 2 is 0.958 bits per heavy atom. The summed E-state index contributed by atoms with van der Waals surface area (Å²) in [5.74, 6) is -0.702. The van der Waals surface area contributed by atoms with E-state index in [0.717, 1.165) is 11.1 Å². The van der Waals surface area contributed by atoms with Gasteiger partial charge in [0.25, 0.3) is 20.2 Å². The van der Waals surface area contributed by atoms with Crippen LogP contribution in [0.3, 0.4) is 0 Å². The van der Waals surface area contributed by atoms with Crippen LogP contribution in [0, 0.1) is 0 Å². The number of aromatic nitrogens is 2. The molecule has 0 fully saturated rings. The Hall–Kier alpha value is -1.88. The maximum Gasteiger partial charge on any atom is 0.271 e. The molecular formula is C14H18N2O6S2+2. The van der Waals surface area contributed by atoms with Crippen LogP contribution in [0.4, 0.5) is 0 Å². The van der Waals surface area contributed by atoms with Crippen LogP contribution >= 0.6 is 0 Å². The lowest BCUT2D eigenvalue weighted by Crippen LogP contribution is -2.36. The summed E-state index contributed by atoms with van der Waals surface area (Å²) in [6.45, 7) is 0.313.